The molecule has 0 radical (unpaired) electrons. The second kappa shape index (κ2) is 10.1. The number of rotatable bonds is 8. The third-order valence-corrected chi connectivity index (χ3v) is 6.93. The van der Waals surface area contributed by atoms with E-state index in [1.807, 2.05) is 19.9 Å². The normalized spacial score (nSPS) is 11.1. The summed E-state index contributed by atoms with van der Waals surface area (Å²) in [7, 11) is -2.57. The minimum absolute atomic E-state index is 0.0946. The topological polar surface area (TPSA) is 75.7 Å². The first-order chi connectivity index (χ1) is 15.2. The van der Waals surface area contributed by atoms with Gasteiger partial charge in [0.1, 0.15) is 12.3 Å². The average Bonchev–Trinajstić information content (AvgIpc) is 2.77. The van der Waals surface area contributed by atoms with Crippen LogP contribution in [0.15, 0.2) is 71.6 Å². The van der Waals surface area contributed by atoms with Crippen LogP contribution in [0.4, 0.5) is 5.69 Å². The molecule has 0 saturated carbocycles. The van der Waals surface area contributed by atoms with Gasteiger partial charge in [0.2, 0.25) is 5.91 Å². The Morgan fingerprint density at radius 1 is 0.969 bits per heavy atom. The molecule has 0 aliphatic carbocycles. The van der Waals surface area contributed by atoms with E-state index in [0.29, 0.717) is 16.5 Å². The molecule has 32 heavy (non-hydrogen) atoms. The second-order valence-corrected chi connectivity index (χ2v) is 9.70. The number of nitrogens with zero attached hydrogens (tertiary/aromatic N) is 1. The average molecular weight is 473 g/mol. The van der Waals surface area contributed by atoms with Crippen LogP contribution in [0.25, 0.3) is 0 Å². The molecular weight excluding hydrogens is 448 g/mol. The number of amides is 1. The van der Waals surface area contributed by atoms with Crippen molar-refractivity contribution >= 4 is 33.2 Å². The van der Waals surface area contributed by atoms with E-state index in [1.54, 1.807) is 48.5 Å². The van der Waals surface area contributed by atoms with Crippen LogP contribution >= 0.6 is 11.6 Å². The number of anilines is 1. The maximum absolute atomic E-state index is 13.5. The van der Waals surface area contributed by atoms with Crippen LogP contribution in [0, 0.1) is 13.8 Å². The fourth-order valence-corrected chi connectivity index (χ4v) is 4.67. The summed E-state index contributed by atoms with van der Waals surface area (Å²) in [6, 6.07) is 18.8. The van der Waals surface area contributed by atoms with E-state index in [-0.39, 0.29) is 11.4 Å². The molecular formula is C24H25ClN2O4S. The smallest absolute Gasteiger partial charge is 0.264 e. The molecule has 0 fully saturated rings. The Hall–Kier alpha value is -3.03. The van der Waals surface area contributed by atoms with Crippen LogP contribution in [-0.2, 0) is 21.4 Å². The van der Waals surface area contributed by atoms with Crippen molar-refractivity contribution in [3.8, 4) is 5.75 Å². The highest BCUT2D eigenvalue weighted by molar-refractivity contribution is 7.92. The van der Waals surface area contributed by atoms with Gasteiger partial charge in [-0.15, -0.1) is 0 Å². The van der Waals surface area contributed by atoms with E-state index in [0.717, 1.165) is 21.0 Å². The van der Waals surface area contributed by atoms with Gasteiger partial charge < -0.3 is 10.1 Å². The minimum Gasteiger partial charge on any atom is -0.495 e. The van der Waals surface area contributed by atoms with E-state index in [1.165, 1.54) is 19.2 Å². The molecule has 0 atom stereocenters. The van der Waals surface area contributed by atoms with Gasteiger partial charge in [-0.25, -0.2) is 8.42 Å². The molecule has 0 aliphatic heterocycles. The highest BCUT2D eigenvalue weighted by atomic mass is 35.5. The van der Waals surface area contributed by atoms with Gasteiger partial charge in [0, 0.05) is 11.6 Å². The lowest BCUT2D eigenvalue weighted by atomic mass is 10.2. The van der Waals surface area contributed by atoms with E-state index in [4.69, 9.17) is 16.3 Å². The predicted molar refractivity (Wildman–Crippen MR) is 127 cm³/mol. The Labute approximate surface area is 193 Å². The standard InChI is InChI=1S/C24H25ClN2O4S/c1-17-4-11-21(12-5-17)32(29,30)27(22-14-18(2)6-13-23(22)31-3)16-24(28)26-15-19-7-9-20(25)10-8-19/h4-14H,15-16H2,1-3H3,(H,26,28). The minimum atomic E-state index is -4.03. The highest BCUT2D eigenvalue weighted by Gasteiger charge is 2.29. The quantitative estimate of drug-likeness (QED) is 0.524. The van der Waals surface area contributed by atoms with Gasteiger partial charge in [-0.3, -0.25) is 9.10 Å². The first-order valence-electron chi connectivity index (χ1n) is 9.96. The lowest BCUT2D eigenvalue weighted by Gasteiger charge is -2.26. The zero-order chi connectivity index (χ0) is 23.3. The molecule has 3 aromatic carbocycles. The second-order valence-electron chi connectivity index (χ2n) is 7.40. The lowest BCUT2D eigenvalue weighted by Crippen LogP contribution is -2.41. The molecule has 0 saturated heterocycles. The van der Waals surface area contributed by atoms with Gasteiger partial charge in [-0.2, -0.15) is 0 Å². The molecule has 0 aromatic heterocycles. The highest BCUT2D eigenvalue weighted by Crippen LogP contribution is 2.33. The Morgan fingerprint density at radius 2 is 1.59 bits per heavy atom. The number of ether oxygens (including phenoxy) is 1. The molecule has 0 unspecified atom stereocenters. The molecule has 3 rings (SSSR count). The van der Waals surface area contributed by atoms with Crippen LogP contribution in [0.1, 0.15) is 16.7 Å². The number of halogens is 1. The molecule has 1 N–H and O–H groups in total. The van der Waals surface area contributed by atoms with Crippen LogP contribution in [0.3, 0.4) is 0 Å². The number of carbonyl (C=O) groups is 1. The Morgan fingerprint density at radius 3 is 2.22 bits per heavy atom. The number of methoxy groups -OCH3 is 1. The van der Waals surface area contributed by atoms with Gasteiger partial charge in [-0.05, 0) is 61.4 Å². The molecule has 8 heteroatoms. The number of carbonyl (C=O) groups excluding carboxylic acids is 1. The van der Waals surface area contributed by atoms with Crippen molar-refractivity contribution in [2.24, 2.45) is 0 Å². The molecule has 6 nitrogen and oxygen atoms in total. The number of benzene rings is 3. The molecule has 0 heterocycles. The van der Waals surface area contributed by atoms with Gasteiger partial charge in [0.15, 0.2) is 0 Å². The van der Waals surface area contributed by atoms with Crippen molar-refractivity contribution in [2.45, 2.75) is 25.3 Å². The number of sulfonamides is 1. The van der Waals surface area contributed by atoms with Gasteiger partial charge >= 0.3 is 0 Å². The lowest BCUT2D eigenvalue weighted by molar-refractivity contribution is -0.119. The molecule has 0 spiro atoms. The Balaban J connectivity index is 1.93. The zero-order valence-electron chi connectivity index (χ0n) is 18.1. The summed E-state index contributed by atoms with van der Waals surface area (Å²) < 4.78 is 33.6. The van der Waals surface area contributed by atoms with Crippen molar-refractivity contribution in [1.82, 2.24) is 5.32 Å². The van der Waals surface area contributed by atoms with Gasteiger partial charge in [0.05, 0.1) is 17.7 Å². The van der Waals surface area contributed by atoms with Crippen LogP contribution in [-0.4, -0.2) is 28.0 Å². The summed E-state index contributed by atoms with van der Waals surface area (Å²) in [6.45, 7) is 3.57. The van der Waals surface area contributed by atoms with Crippen LogP contribution in [0.5, 0.6) is 5.75 Å². The van der Waals surface area contributed by atoms with Crippen LogP contribution < -0.4 is 14.4 Å². The van der Waals surface area contributed by atoms with Gasteiger partial charge in [0.25, 0.3) is 10.0 Å². The van der Waals surface area contributed by atoms with E-state index >= 15 is 0 Å². The van der Waals surface area contributed by atoms with E-state index in [9.17, 15) is 13.2 Å². The van der Waals surface area contributed by atoms with Crippen molar-refractivity contribution in [1.29, 1.82) is 0 Å². The monoisotopic (exact) mass is 472 g/mol. The number of hydrogen-bond acceptors (Lipinski definition) is 4. The van der Waals surface area contributed by atoms with Crippen molar-refractivity contribution < 1.29 is 17.9 Å². The molecule has 0 aliphatic rings. The fraction of sp³-hybridized carbons (Fsp3) is 0.208. The largest absolute Gasteiger partial charge is 0.495 e. The number of hydrogen-bond donors (Lipinski definition) is 1. The van der Waals surface area contributed by atoms with Crippen molar-refractivity contribution in [3.63, 3.8) is 0 Å². The molecule has 3 aromatic rings. The Bertz CT molecular complexity index is 1190. The molecule has 1 amide bonds. The summed E-state index contributed by atoms with van der Waals surface area (Å²) in [5.41, 5.74) is 2.93. The molecule has 168 valence electrons. The maximum Gasteiger partial charge on any atom is 0.264 e. The summed E-state index contributed by atoms with van der Waals surface area (Å²) >= 11 is 5.90. The predicted octanol–water partition coefficient (Wildman–Crippen LogP) is 4.48. The first-order valence-corrected chi connectivity index (χ1v) is 11.8. The number of aryl methyl sites for hydroxylation is 2. The third-order valence-electron chi connectivity index (χ3n) is 4.90. The summed E-state index contributed by atoms with van der Waals surface area (Å²) in [5.74, 6) is -0.0871. The van der Waals surface area contributed by atoms with Crippen LogP contribution in [0.2, 0.25) is 5.02 Å². The number of nitrogens with one attached hydrogen (secondary N) is 1. The van der Waals surface area contributed by atoms with Crippen molar-refractivity contribution in [2.75, 3.05) is 18.0 Å². The summed E-state index contributed by atoms with van der Waals surface area (Å²) in [4.78, 5) is 12.9. The van der Waals surface area contributed by atoms with Gasteiger partial charge in [-0.1, -0.05) is 47.5 Å². The van der Waals surface area contributed by atoms with E-state index in [2.05, 4.69) is 5.32 Å². The summed E-state index contributed by atoms with van der Waals surface area (Å²) in [5, 5.41) is 3.37. The molecule has 0 bridgehead atoms. The maximum atomic E-state index is 13.5. The third kappa shape index (κ3) is 5.60. The Kier molecular flexibility index (Phi) is 7.43. The first kappa shape index (κ1) is 23.6. The fourth-order valence-electron chi connectivity index (χ4n) is 3.12. The summed E-state index contributed by atoms with van der Waals surface area (Å²) in [6.07, 6.45) is 0. The van der Waals surface area contributed by atoms with Crippen molar-refractivity contribution in [3.05, 3.63) is 88.4 Å². The SMILES string of the molecule is COc1ccc(C)cc1N(CC(=O)NCc1ccc(Cl)cc1)S(=O)(=O)c1ccc(C)cc1. The van der Waals surface area contributed by atoms with E-state index < -0.39 is 22.5 Å². The zero-order valence-corrected chi connectivity index (χ0v) is 19.7.